The predicted octanol–water partition coefficient (Wildman–Crippen LogP) is 1.87. The minimum Gasteiger partial charge on any atom is -0.481 e. The van der Waals surface area contributed by atoms with Gasteiger partial charge in [-0.3, -0.25) is 9.59 Å². The Hall–Kier alpha value is -0.580. The number of nitrogens with zero attached hydrogens (tertiary/aromatic N) is 1. The molecule has 0 aromatic heterocycles. The molecule has 1 aliphatic rings. The molecule has 0 saturated carbocycles. The number of carboxylic acid groups (broad SMARTS) is 1. The number of hydrogen-bond donors (Lipinski definition) is 1. The summed E-state index contributed by atoms with van der Waals surface area (Å²) >= 11 is 3.40. The first-order valence-corrected chi connectivity index (χ1v) is 6.81. The highest BCUT2D eigenvalue weighted by Gasteiger charge is 2.27. The van der Waals surface area contributed by atoms with Crippen LogP contribution in [0.1, 0.15) is 32.1 Å². The second-order valence-electron chi connectivity index (χ2n) is 4.27. The summed E-state index contributed by atoms with van der Waals surface area (Å²) in [5.41, 5.74) is 0. The number of halogens is 1. The van der Waals surface area contributed by atoms with E-state index < -0.39 is 5.97 Å². The molecule has 92 valence electrons. The van der Waals surface area contributed by atoms with Crippen molar-refractivity contribution in [1.29, 1.82) is 0 Å². The summed E-state index contributed by atoms with van der Waals surface area (Å²) in [4.78, 5) is 23.7. The fraction of sp³-hybridized carbons (Fsp3) is 0.818. The zero-order valence-corrected chi connectivity index (χ0v) is 10.9. The zero-order valence-electron chi connectivity index (χ0n) is 9.32. The number of rotatable bonds is 7. The Morgan fingerprint density at radius 1 is 1.44 bits per heavy atom. The molecule has 1 unspecified atom stereocenters. The maximum atomic E-state index is 11.5. The molecule has 1 heterocycles. The Bertz CT molecular complexity index is 258. The minimum atomic E-state index is -0.739. The molecule has 1 atom stereocenters. The molecular formula is C11H18BrNO3. The van der Waals surface area contributed by atoms with Crippen molar-refractivity contribution in [1.82, 2.24) is 4.90 Å². The number of hydrogen-bond acceptors (Lipinski definition) is 2. The highest BCUT2D eigenvalue weighted by Crippen LogP contribution is 2.20. The Morgan fingerprint density at radius 3 is 2.75 bits per heavy atom. The quantitative estimate of drug-likeness (QED) is 0.575. The summed E-state index contributed by atoms with van der Waals surface area (Å²) < 4.78 is 0. The molecule has 0 aromatic carbocycles. The van der Waals surface area contributed by atoms with Crippen LogP contribution in [0, 0.1) is 5.92 Å². The average Bonchev–Trinajstić information content (AvgIpc) is 2.59. The van der Waals surface area contributed by atoms with Crippen molar-refractivity contribution in [3.05, 3.63) is 0 Å². The lowest BCUT2D eigenvalue weighted by atomic mass is 10.1. The van der Waals surface area contributed by atoms with Crippen LogP contribution in [0.25, 0.3) is 0 Å². The van der Waals surface area contributed by atoms with Crippen LogP contribution in [-0.2, 0) is 9.59 Å². The summed E-state index contributed by atoms with van der Waals surface area (Å²) in [6.45, 7) is 1.63. The van der Waals surface area contributed by atoms with E-state index in [1.807, 2.05) is 4.90 Å². The third kappa shape index (κ3) is 4.51. The van der Waals surface area contributed by atoms with E-state index in [9.17, 15) is 9.59 Å². The van der Waals surface area contributed by atoms with Gasteiger partial charge in [-0.05, 0) is 18.8 Å². The SMILES string of the molecule is O=C(O)CCCCCN1CC(CBr)CC1=O. The molecule has 0 aromatic rings. The van der Waals surface area contributed by atoms with Gasteiger partial charge in [0.25, 0.3) is 0 Å². The van der Waals surface area contributed by atoms with Gasteiger partial charge < -0.3 is 10.0 Å². The van der Waals surface area contributed by atoms with Crippen molar-refractivity contribution in [2.75, 3.05) is 18.4 Å². The molecule has 0 aliphatic carbocycles. The normalized spacial score (nSPS) is 20.4. The Balaban J connectivity index is 2.09. The average molecular weight is 292 g/mol. The van der Waals surface area contributed by atoms with E-state index in [-0.39, 0.29) is 12.3 Å². The third-order valence-electron chi connectivity index (χ3n) is 2.83. The molecule has 4 nitrogen and oxygen atoms in total. The van der Waals surface area contributed by atoms with Gasteiger partial charge in [-0.1, -0.05) is 22.4 Å². The Morgan fingerprint density at radius 2 is 2.19 bits per heavy atom. The highest BCUT2D eigenvalue weighted by atomic mass is 79.9. The van der Waals surface area contributed by atoms with E-state index in [1.165, 1.54) is 0 Å². The molecule has 16 heavy (non-hydrogen) atoms. The van der Waals surface area contributed by atoms with E-state index >= 15 is 0 Å². The van der Waals surface area contributed by atoms with Crippen molar-refractivity contribution in [3.63, 3.8) is 0 Å². The first-order chi connectivity index (χ1) is 7.63. The summed E-state index contributed by atoms with van der Waals surface area (Å²) in [6, 6.07) is 0. The lowest BCUT2D eigenvalue weighted by molar-refractivity contribution is -0.137. The van der Waals surface area contributed by atoms with Gasteiger partial charge in [0, 0.05) is 31.3 Å². The summed E-state index contributed by atoms with van der Waals surface area (Å²) in [5.74, 6) is -0.0502. The maximum absolute atomic E-state index is 11.5. The topological polar surface area (TPSA) is 57.6 Å². The number of unbranched alkanes of at least 4 members (excludes halogenated alkanes) is 2. The van der Waals surface area contributed by atoms with Crippen LogP contribution < -0.4 is 0 Å². The third-order valence-corrected chi connectivity index (χ3v) is 3.75. The number of alkyl halides is 1. The summed E-state index contributed by atoms with van der Waals surface area (Å²) in [7, 11) is 0. The molecule has 0 spiro atoms. The van der Waals surface area contributed by atoms with Crippen LogP contribution in [0.15, 0.2) is 0 Å². The zero-order chi connectivity index (χ0) is 12.0. The monoisotopic (exact) mass is 291 g/mol. The van der Waals surface area contributed by atoms with Gasteiger partial charge in [0.1, 0.15) is 0 Å². The molecule has 1 fully saturated rings. The summed E-state index contributed by atoms with van der Waals surface area (Å²) in [6.07, 6.45) is 3.39. The van der Waals surface area contributed by atoms with Crippen molar-refractivity contribution in [2.24, 2.45) is 5.92 Å². The van der Waals surface area contributed by atoms with Crippen LogP contribution in [0.5, 0.6) is 0 Å². The number of likely N-dealkylation sites (tertiary alicyclic amines) is 1. The van der Waals surface area contributed by atoms with Gasteiger partial charge in [0.2, 0.25) is 5.91 Å². The number of carbonyl (C=O) groups excluding carboxylic acids is 1. The van der Waals surface area contributed by atoms with Crippen LogP contribution in [0.2, 0.25) is 0 Å². The van der Waals surface area contributed by atoms with Crippen molar-refractivity contribution >= 4 is 27.8 Å². The second kappa shape index (κ2) is 6.89. The lowest BCUT2D eigenvalue weighted by Crippen LogP contribution is -2.26. The van der Waals surface area contributed by atoms with Crippen LogP contribution in [0.4, 0.5) is 0 Å². The minimum absolute atomic E-state index is 0.234. The van der Waals surface area contributed by atoms with E-state index in [1.54, 1.807) is 0 Å². The van der Waals surface area contributed by atoms with Gasteiger partial charge in [-0.15, -0.1) is 0 Å². The van der Waals surface area contributed by atoms with Crippen molar-refractivity contribution in [3.8, 4) is 0 Å². The van der Waals surface area contributed by atoms with Gasteiger partial charge in [0.15, 0.2) is 0 Å². The van der Waals surface area contributed by atoms with Gasteiger partial charge in [0.05, 0.1) is 0 Å². The number of aliphatic carboxylic acids is 1. The highest BCUT2D eigenvalue weighted by molar-refractivity contribution is 9.09. The van der Waals surface area contributed by atoms with Crippen molar-refractivity contribution < 1.29 is 14.7 Å². The van der Waals surface area contributed by atoms with E-state index in [0.29, 0.717) is 18.8 Å². The largest absolute Gasteiger partial charge is 0.481 e. The molecule has 0 radical (unpaired) electrons. The fourth-order valence-electron chi connectivity index (χ4n) is 1.93. The molecule has 1 N–H and O–H groups in total. The van der Waals surface area contributed by atoms with E-state index in [0.717, 1.165) is 31.3 Å². The molecule has 1 saturated heterocycles. The van der Waals surface area contributed by atoms with E-state index in [2.05, 4.69) is 15.9 Å². The smallest absolute Gasteiger partial charge is 0.303 e. The predicted molar refractivity (Wildman–Crippen MR) is 64.6 cm³/mol. The van der Waals surface area contributed by atoms with Crippen LogP contribution >= 0.6 is 15.9 Å². The van der Waals surface area contributed by atoms with Gasteiger partial charge in [-0.25, -0.2) is 0 Å². The molecule has 0 bridgehead atoms. The van der Waals surface area contributed by atoms with Crippen LogP contribution in [0.3, 0.4) is 0 Å². The fourth-order valence-corrected chi connectivity index (χ4v) is 2.36. The first-order valence-electron chi connectivity index (χ1n) is 5.69. The molecular weight excluding hydrogens is 274 g/mol. The number of amides is 1. The van der Waals surface area contributed by atoms with Gasteiger partial charge >= 0.3 is 5.97 Å². The van der Waals surface area contributed by atoms with E-state index in [4.69, 9.17) is 5.11 Å². The Kier molecular flexibility index (Phi) is 5.80. The standard InChI is InChI=1S/C11H18BrNO3/c12-7-9-6-10(14)13(8-9)5-3-1-2-4-11(15)16/h9H,1-8H2,(H,15,16). The molecule has 1 rings (SSSR count). The second-order valence-corrected chi connectivity index (χ2v) is 4.92. The molecule has 5 heteroatoms. The first kappa shape index (κ1) is 13.5. The Labute approximate surface area is 104 Å². The summed E-state index contributed by atoms with van der Waals surface area (Å²) in [5, 5.41) is 9.35. The lowest BCUT2D eigenvalue weighted by Gasteiger charge is -2.15. The van der Waals surface area contributed by atoms with Crippen molar-refractivity contribution in [2.45, 2.75) is 32.1 Å². The number of carbonyl (C=O) groups is 2. The molecule has 1 aliphatic heterocycles. The number of carboxylic acids is 1. The van der Waals surface area contributed by atoms with Crippen LogP contribution in [-0.4, -0.2) is 40.3 Å². The maximum Gasteiger partial charge on any atom is 0.303 e. The van der Waals surface area contributed by atoms with Gasteiger partial charge in [-0.2, -0.15) is 0 Å². The molecule has 1 amide bonds.